The second-order valence-electron chi connectivity index (χ2n) is 34.1. The van der Waals surface area contributed by atoms with Gasteiger partial charge in [0.25, 0.3) is 6.71 Å². The molecule has 7 heteroatoms. The Morgan fingerprint density at radius 2 is 0.636 bits per heavy atom. The number of fused-ring (bicyclic) bond motifs is 17. The van der Waals surface area contributed by atoms with Gasteiger partial charge in [0.15, 0.2) is 0 Å². The second kappa shape index (κ2) is 23.2. The van der Waals surface area contributed by atoms with E-state index in [4.69, 9.17) is 4.42 Å². The minimum Gasteiger partial charge on any atom is -0.456 e. The minimum absolute atomic E-state index is 0.0652. The number of rotatable bonds is 7. The highest BCUT2D eigenvalue weighted by Gasteiger charge is 2.47. The number of para-hydroxylation sites is 5. The van der Waals surface area contributed by atoms with Crippen LogP contribution in [0.1, 0.15) is 105 Å². The molecule has 0 aliphatic carbocycles. The second-order valence-corrected chi connectivity index (χ2v) is 34.1. The fraction of sp³-hybridized carbons (Fsp3) is 0.160. The molecule has 0 amide bonds. The molecule has 0 bridgehead atoms. The number of benzene rings is 14. The molecule has 18 aromatic rings. The van der Waals surface area contributed by atoms with E-state index in [9.17, 15) is 0 Å². The van der Waals surface area contributed by atoms with Gasteiger partial charge in [-0.15, -0.1) is 0 Å². The standard InChI is InChI=1S/C100H84BN5O/c1-97(2,3)63-43-49-83-74(53-63)75-54-64(98(4,5)6)44-50-84(75)102(83)67-47-48-78-87(57-67)105(79-38-24-19-33-69(79)61-29-15-13-16-30-61)89-58-68(103-81-40-26-21-35-71(81)72-36-22-27-41-82(72)103)59-90-94(89)101(78)95-91(106(90)80-39-25-20-34-70(80)62-31-17-14-18-32-62)60-88(93-73-37-23-28-42-92(73)107-96(93)95)104-85-51-45-65(99(7,8)9)55-76(85)77-56-66(100(10,11)12)46-52-86(77)104/h13-60H,1-12H3. The molecule has 2 aliphatic rings. The Hall–Kier alpha value is -12.1. The molecule has 0 saturated heterocycles. The summed E-state index contributed by atoms with van der Waals surface area (Å²) >= 11 is 0. The van der Waals surface area contributed by atoms with E-state index in [0.29, 0.717) is 0 Å². The van der Waals surface area contributed by atoms with Crippen LogP contribution in [0, 0.1) is 0 Å². The van der Waals surface area contributed by atoms with E-state index in [-0.39, 0.29) is 28.4 Å². The molecular formula is C100H84BN5O. The molecule has 4 aromatic heterocycles. The van der Waals surface area contributed by atoms with E-state index in [1.807, 2.05) is 0 Å². The molecule has 0 radical (unpaired) electrons. The summed E-state index contributed by atoms with van der Waals surface area (Å²) in [7, 11) is 0. The van der Waals surface area contributed by atoms with Gasteiger partial charge in [0, 0.05) is 77.3 Å². The zero-order chi connectivity index (χ0) is 72.9. The molecule has 0 saturated carbocycles. The maximum Gasteiger partial charge on any atom is 0.257 e. The Labute approximate surface area is 626 Å². The zero-order valence-corrected chi connectivity index (χ0v) is 62.9. The van der Waals surface area contributed by atoms with Crippen LogP contribution < -0.4 is 26.2 Å². The first-order valence-corrected chi connectivity index (χ1v) is 38.0. The average Bonchev–Trinajstić information content (AvgIpc) is 1.67. The van der Waals surface area contributed by atoms with E-state index < -0.39 is 0 Å². The Balaban J connectivity index is 0.982. The normalized spacial score (nSPS) is 13.4. The molecular weight excluding hydrogens is 1300 g/mol. The molecule has 2 aliphatic heterocycles. The molecule has 107 heavy (non-hydrogen) atoms. The third kappa shape index (κ3) is 9.85. The van der Waals surface area contributed by atoms with E-state index >= 15 is 0 Å². The highest BCUT2D eigenvalue weighted by molar-refractivity contribution is 7.01. The van der Waals surface area contributed by atoms with Crippen LogP contribution >= 0.6 is 0 Å². The molecule has 14 aromatic carbocycles. The third-order valence-electron chi connectivity index (χ3n) is 23.4. The van der Waals surface area contributed by atoms with E-state index in [2.05, 4.69) is 398 Å². The highest BCUT2D eigenvalue weighted by Crippen LogP contribution is 2.54. The van der Waals surface area contributed by atoms with Gasteiger partial charge >= 0.3 is 0 Å². The van der Waals surface area contributed by atoms with E-state index in [1.165, 1.54) is 76.5 Å². The fourth-order valence-electron chi connectivity index (χ4n) is 18.0. The van der Waals surface area contributed by atoms with Gasteiger partial charge in [-0.2, -0.15) is 0 Å². The van der Waals surface area contributed by atoms with Gasteiger partial charge in [-0.1, -0.05) is 265 Å². The predicted molar refractivity (Wildman–Crippen MR) is 456 cm³/mol. The van der Waals surface area contributed by atoms with Crippen LogP contribution in [0.4, 0.5) is 34.1 Å². The summed E-state index contributed by atoms with van der Waals surface area (Å²) in [5.41, 5.74) is 31.1. The SMILES string of the molecule is CC(C)(C)c1ccc2c(c1)c1cc(C(C)(C)C)ccc1n2-c1ccc2c(c1)N(c1ccccc1-c1ccccc1)c1cc(-n3c4ccccc4c4ccccc43)cc3c1B2c1c(cc(-n2c4ccc(C(C)(C)C)cc4c4cc(C(C)(C)C)ccc42)c2c1oc1ccccc12)N3c1ccccc1-c1ccccc1. The molecule has 0 spiro atoms. The van der Waals surface area contributed by atoms with Crippen molar-refractivity contribution in [2.75, 3.05) is 9.80 Å². The van der Waals surface area contributed by atoms with Crippen LogP contribution in [0.15, 0.2) is 296 Å². The topological polar surface area (TPSA) is 34.4 Å². The molecule has 6 heterocycles. The summed E-state index contributed by atoms with van der Waals surface area (Å²) in [6.45, 7) is 27.6. The minimum atomic E-state index is -0.382. The van der Waals surface area contributed by atoms with E-state index in [1.54, 1.807) is 0 Å². The molecule has 0 unspecified atom stereocenters. The molecule has 6 nitrogen and oxygen atoms in total. The Bertz CT molecular complexity index is 6540. The first-order valence-electron chi connectivity index (χ1n) is 38.0. The van der Waals surface area contributed by atoms with Crippen LogP contribution in [0.3, 0.4) is 0 Å². The summed E-state index contributed by atoms with van der Waals surface area (Å²) in [6, 6.07) is 111. The Kier molecular flexibility index (Phi) is 14.0. The van der Waals surface area contributed by atoms with Crippen LogP contribution in [0.5, 0.6) is 0 Å². The van der Waals surface area contributed by atoms with Crippen LogP contribution in [0.2, 0.25) is 0 Å². The summed E-state index contributed by atoms with van der Waals surface area (Å²) < 4.78 is 15.6. The van der Waals surface area contributed by atoms with Crippen LogP contribution in [-0.2, 0) is 21.7 Å². The number of anilines is 6. The van der Waals surface area contributed by atoms with Gasteiger partial charge in [-0.05, 0) is 181 Å². The lowest BCUT2D eigenvalue weighted by Gasteiger charge is -2.45. The molecule has 518 valence electrons. The largest absolute Gasteiger partial charge is 0.456 e. The number of nitrogens with zero attached hydrogens (tertiary/aromatic N) is 5. The van der Waals surface area contributed by atoms with Crippen molar-refractivity contribution < 1.29 is 4.42 Å². The monoisotopic (exact) mass is 1380 g/mol. The number of aromatic nitrogens is 3. The first kappa shape index (κ1) is 64.5. The zero-order valence-electron chi connectivity index (χ0n) is 62.9. The van der Waals surface area contributed by atoms with Crippen LogP contribution in [-0.4, -0.2) is 20.4 Å². The van der Waals surface area contributed by atoms with Crippen molar-refractivity contribution >= 4 is 145 Å². The average molecular weight is 1380 g/mol. The molecule has 20 rings (SSSR count). The lowest BCUT2D eigenvalue weighted by atomic mass is 9.33. The number of furan rings is 1. The number of hydrogen-bond donors (Lipinski definition) is 0. The molecule has 0 atom stereocenters. The summed E-state index contributed by atoms with van der Waals surface area (Å²) in [6.07, 6.45) is 0. The van der Waals surface area contributed by atoms with Gasteiger partial charge in [0.05, 0.1) is 61.2 Å². The van der Waals surface area contributed by atoms with Gasteiger partial charge in [0.1, 0.15) is 11.2 Å². The van der Waals surface area contributed by atoms with Crippen molar-refractivity contribution in [1.29, 1.82) is 0 Å². The smallest absolute Gasteiger partial charge is 0.257 e. The van der Waals surface area contributed by atoms with Crippen molar-refractivity contribution in [1.82, 2.24) is 13.7 Å². The number of hydrogen-bond acceptors (Lipinski definition) is 3. The van der Waals surface area contributed by atoms with Crippen LogP contribution in [0.25, 0.3) is 127 Å². The predicted octanol–water partition coefficient (Wildman–Crippen LogP) is 25.5. The summed E-state index contributed by atoms with van der Waals surface area (Å²) in [4.78, 5) is 5.28. The quantitative estimate of drug-likeness (QED) is 0.149. The fourth-order valence-corrected chi connectivity index (χ4v) is 18.0. The summed E-state index contributed by atoms with van der Waals surface area (Å²) in [5, 5.41) is 9.51. The van der Waals surface area contributed by atoms with Gasteiger partial charge < -0.3 is 27.9 Å². The molecule has 0 fully saturated rings. The lowest BCUT2D eigenvalue weighted by molar-refractivity contribution is 0.590. The Morgan fingerprint density at radius 1 is 0.262 bits per heavy atom. The third-order valence-corrected chi connectivity index (χ3v) is 23.4. The van der Waals surface area contributed by atoms with Gasteiger partial charge in [-0.3, -0.25) is 0 Å². The summed E-state index contributed by atoms with van der Waals surface area (Å²) in [5.74, 6) is 0. The van der Waals surface area contributed by atoms with E-state index in [0.717, 1.165) is 123 Å². The first-order chi connectivity index (χ1) is 51.6. The van der Waals surface area contributed by atoms with Crippen molar-refractivity contribution in [3.05, 3.63) is 313 Å². The van der Waals surface area contributed by atoms with Gasteiger partial charge in [-0.25, -0.2) is 0 Å². The maximum absolute atomic E-state index is 7.92. The van der Waals surface area contributed by atoms with Crippen molar-refractivity contribution in [2.45, 2.75) is 105 Å². The highest BCUT2D eigenvalue weighted by atomic mass is 16.3. The van der Waals surface area contributed by atoms with Crippen molar-refractivity contribution in [2.24, 2.45) is 0 Å². The molecule has 0 N–H and O–H groups in total. The van der Waals surface area contributed by atoms with Crippen molar-refractivity contribution in [3.63, 3.8) is 0 Å². The maximum atomic E-state index is 7.92. The van der Waals surface area contributed by atoms with Crippen molar-refractivity contribution in [3.8, 4) is 39.3 Å². The van der Waals surface area contributed by atoms with Gasteiger partial charge in [0.2, 0.25) is 0 Å². The Morgan fingerprint density at radius 3 is 1.11 bits per heavy atom. The lowest BCUT2D eigenvalue weighted by Crippen LogP contribution is -2.61.